The van der Waals surface area contributed by atoms with Crippen molar-refractivity contribution in [3.63, 3.8) is 0 Å². The molecule has 0 amide bonds. The van der Waals surface area contributed by atoms with E-state index in [-0.39, 0.29) is 29.5 Å². The van der Waals surface area contributed by atoms with Gasteiger partial charge in [-0.05, 0) is 42.8 Å². The smallest absolute Gasteiger partial charge is 0.387 e. The Kier molecular flexibility index (Phi) is 5.81. The Bertz CT molecular complexity index is 701. The molecule has 2 rings (SSSR count). The topological polar surface area (TPSA) is 55.8 Å². The summed E-state index contributed by atoms with van der Waals surface area (Å²) in [5.41, 5.74) is 0.492. The highest BCUT2D eigenvalue weighted by Crippen LogP contribution is 2.23. The molecule has 0 aliphatic rings. The summed E-state index contributed by atoms with van der Waals surface area (Å²) >= 11 is 0. The van der Waals surface area contributed by atoms with E-state index in [4.69, 9.17) is 4.74 Å². The van der Waals surface area contributed by atoms with Crippen LogP contribution in [0.25, 0.3) is 0 Å². The van der Waals surface area contributed by atoms with Crippen LogP contribution >= 0.6 is 0 Å². The molecule has 4 nitrogen and oxygen atoms in total. The van der Waals surface area contributed by atoms with Gasteiger partial charge < -0.3 is 14.6 Å². The molecule has 2 aromatic carbocycles. The first-order chi connectivity index (χ1) is 11.4. The number of benzene rings is 2. The number of carbonyl (C=O) groups is 1. The summed E-state index contributed by atoms with van der Waals surface area (Å²) in [4.78, 5) is 11.5. The van der Waals surface area contributed by atoms with Crippen molar-refractivity contribution in [2.24, 2.45) is 0 Å². The van der Waals surface area contributed by atoms with Crippen LogP contribution in [0.1, 0.15) is 28.9 Å². The fraction of sp³-hybridized carbons (Fsp3) is 0.235. The predicted molar refractivity (Wildman–Crippen MR) is 79.9 cm³/mol. The summed E-state index contributed by atoms with van der Waals surface area (Å²) in [6, 6.07) is 8.93. The van der Waals surface area contributed by atoms with E-state index in [9.17, 15) is 23.1 Å². The number of Topliss-reactive ketones (excluding diaryl/α,β-unsaturated/α-hetero) is 1. The molecule has 0 bridgehead atoms. The first kappa shape index (κ1) is 17.8. The largest absolute Gasteiger partial charge is 0.490 e. The number of ketones is 1. The molecule has 1 atom stereocenters. The van der Waals surface area contributed by atoms with Crippen molar-refractivity contribution in [1.82, 2.24) is 0 Å². The maximum Gasteiger partial charge on any atom is 0.387 e. The van der Waals surface area contributed by atoms with Crippen LogP contribution in [-0.4, -0.2) is 24.1 Å². The zero-order valence-corrected chi connectivity index (χ0v) is 12.7. The number of hydrogen-bond donors (Lipinski definition) is 1. The van der Waals surface area contributed by atoms with Gasteiger partial charge >= 0.3 is 6.61 Å². The van der Waals surface area contributed by atoms with Crippen LogP contribution in [0.2, 0.25) is 0 Å². The minimum atomic E-state index is -2.92. The lowest BCUT2D eigenvalue weighted by Crippen LogP contribution is -2.11. The second-order valence-corrected chi connectivity index (χ2v) is 4.97. The van der Waals surface area contributed by atoms with E-state index in [1.165, 1.54) is 37.3 Å². The summed E-state index contributed by atoms with van der Waals surface area (Å²) in [7, 11) is 0. The molecule has 0 spiro atoms. The average Bonchev–Trinajstić information content (AvgIpc) is 2.53. The summed E-state index contributed by atoms with van der Waals surface area (Å²) in [5, 5.41) is 10.1. The molecule has 0 heterocycles. The second-order valence-electron chi connectivity index (χ2n) is 4.97. The van der Waals surface area contributed by atoms with Crippen molar-refractivity contribution in [1.29, 1.82) is 0 Å². The molecule has 0 radical (unpaired) electrons. The number of rotatable bonds is 7. The second kappa shape index (κ2) is 7.83. The molecule has 0 saturated carbocycles. The van der Waals surface area contributed by atoms with Crippen LogP contribution in [0.4, 0.5) is 13.2 Å². The highest BCUT2D eigenvalue weighted by molar-refractivity contribution is 5.96. The summed E-state index contributed by atoms with van der Waals surface area (Å²) in [6.45, 7) is -1.84. The third-order valence-electron chi connectivity index (χ3n) is 3.21. The monoisotopic (exact) mass is 340 g/mol. The standard InChI is InChI=1S/C17H15F3O4/c1-10(21)14-8-12(18)4-7-16(14)23-9-15(22)11-2-5-13(6-3-11)24-17(19)20/h2-8,15,17,22H,9H2,1H3. The number of aliphatic hydroxyl groups excluding tert-OH is 1. The number of aliphatic hydroxyl groups is 1. The Balaban J connectivity index is 2.03. The molecule has 1 N–H and O–H groups in total. The maximum atomic E-state index is 13.2. The van der Waals surface area contributed by atoms with Gasteiger partial charge in [-0.3, -0.25) is 4.79 Å². The Hall–Kier alpha value is -2.54. The van der Waals surface area contributed by atoms with Gasteiger partial charge in [-0.1, -0.05) is 12.1 Å². The minimum absolute atomic E-state index is 0.0285. The van der Waals surface area contributed by atoms with Crippen molar-refractivity contribution >= 4 is 5.78 Å². The average molecular weight is 340 g/mol. The number of hydrogen-bond acceptors (Lipinski definition) is 4. The lowest BCUT2D eigenvalue weighted by Gasteiger charge is -2.15. The molecule has 0 aromatic heterocycles. The van der Waals surface area contributed by atoms with Gasteiger partial charge in [0, 0.05) is 0 Å². The van der Waals surface area contributed by atoms with E-state index >= 15 is 0 Å². The Morgan fingerprint density at radius 1 is 1.17 bits per heavy atom. The minimum Gasteiger partial charge on any atom is -0.490 e. The molecule has 7 heteroatoms. The van der Waals surface area contributed by atoms with Crippen LogP contribution in [0.3, 0.4) is 0 Å². The summed E-state index contributed by atoms with van der Waals surface area (Å²) < 4.78 is 46.9. The first-order valence-corrected chi connectivity index (χ1v) is 7.03. The lowest BCUT2D eigenvalue weighted by atomic mass is 10.1. The van der Waals surface area contributed by atoms with Gasteiger partial charge in [0.25, 0.3) is 0 Å². The molecule has 0 saturated heterocycles. The Labute approximate surface area is 136 Å². The molecule has 128 valence electrons. The van der Waals surface area contributed by atoms with Gasteiger partial charge in [-0.2, -0.15) is 8.78 Å². The normalized spacial score (nSPS) is 12.1. The summed E-state index contributed by atoms with van der Waals surface area (Å²) in [6.07, 6.45) is -1.06. The van der Waals surface area contributed by atoms with Crippen LogP contribution in [0, 0.1) is 5.82 Å². The molecular formula is C17H15F3O4. The SMILES string of the molecule is CC(=O)c1cc(F)ccc1OCC(O)c1ccc(OC(F)F)cc1. The maximum absolute atomic E-state index is 13.2. The van der Waals surface area contributed by atoms with Crippen LogP contribution in [0.15, 0.2) is 42.5 Å². The van der Waals surface area contributed by atoms with Gasteiger partial charge in [0.05, 0.1) is 5.56 Å². The zero-order chi connectivity index (χ0) is 17.7. The van der Waals surface area contributed by atoms with Crippen LogP contribution in [-0.2, 0) is 0 Å². The highest BCUT2D eigenvalue weighted by atomic mass is 19.3. The van der Waals surface area contributed by atoms with Crippen molar-refractivity contribution in [3.8, 4) is 11.5 Å². The predicted octanol–water partition coefficient (Wildman–Crippen LogP) is 3.74. The van der Waals surface area contributed by atoms with E-state index in [0.717, 1.165) is 12.1 Å². The molecule has 1 unspecified atom stereocenters. The van der Waals surface area contributed by atoms with Crippen molar-refractivity contribution in [2.45, 2.75) is 19.6 Å². The number of halogens is 3. The molecule has 0 aliphatic carbocycles. The quantitative estimate of drug-likeness (QED) is 0.780. The van der Waals surface area contributed by atoms with E-state index < -0.39 is 18.5 Å². The zero-order valence-electron chi connectivity index (χ0n) is 12.7. The number of alkyl halides is 2. The van der Waals surface area contributed by atoms with E-state index in [1.807, 2.05) is 0 Å². The van der Waals surface area contributed by atoms with Gasteiger partial charge in [0.2, 0.25) is 0 Å². The lowest BCUT2D eigenvalue weighted by molar-refractivity contribution is -0.0498. The third-order valence-corrected chi connectivity index (χ3v) is 3.21. The summed E-state index contributed by atoms with van der Waals surface area (Å²) in [5.74, 6) is -0.810. The van der Waals surface area contributed by atoms with Crippen molar-refractivity contribution in [3.05, 3.63) is 59.4 Å². The van der Waals surface area contributed by atoms with E-state index in [1.54, 1.807) is 0 Å². The van der Waals surface area contributed by atoms with E-state index in [2.05, 4.69) is 4.74 Å². The molecule has 2 aromatic rings. The molecule has 24 heavy (non-hydrogen) atoms. The van der Waals surface area contributed by atoms with Crippen LogP contribution < -0.4 is 9.47 Å². The fourth-order valence-electron chi connectivity index (χ4n) is 2.04. The van der Waals surface area contributed by atoms with Crippen LogP contribution in [0.5, 0.6) is 11.5 Å². The Morgan fingerprint density at radius 3 is 2.42 bits per heavy atom. The van der Waals surface area contributed by atoms with Gasteiger partial charge in [0.1, 0.15) is 30.0 Å². The highest BCUT2D eigenvalue weighted by Gasteiger charge is 2.14. The Morgan fingerprint density at radius 2 is 1.83 bits per heavy atom. The van der Waals surface area contributed by atoms with Gasteiger partial charge in [0.15, 0.2) is 5.78 Å². The molecule has 0 aliphatic heterocycles. The molecule has 0 fully saturated rings. The number of carbonyl (C=O) groups excluding carboxylic acids is 1. The molecular weight excluding hydrogens is 325 g/mol. The first-order valence-electron chi connectivity index (χ1n) is 7.03. The van der Waals surface area contributed by atoms with E-state index in [0.29, 0.717) is 5.56 Å². The number of ether oxygens (including phenoxy) is 2. The van der Waals surface area contributed by atoms with Gasteiger partial charge in [-0.15, -0.1) is 0 Å². The fourth-order valence-corrected chi connectivity index (χ4v) is 2.04. The third kappa shape index (κ3) is 4.73. The van der Waals surface area contributed by atoms with Gasteiger partial charge in [-0.25, -0.2) is 4.39 Å². The van der Waals surface area contributed by atoms with Crippen molar-refractivity contribution < 1.29 is 32.5 Å². The van der Waals surface area contributed by atoms with Crippen molar-refractivity contribution in [2.75, 3.05) is 6.61 Å².